The number of benzene rings is 1. The van der Waals surface area contributed by atoms with Crippen molar-refractivity contribution in [3.05, 3.63) is 47.5 Å². The van der Waals surface area contributed by atoms with Gasteiger partial charge in [0.2, 0.25) is 0 Å². The predicted molar refractivity (Wildman–Crippen MR) is 115 cm³/mol. The normalized spacial score (nSPS) is 43.3. The third-order valence-electron chi connectivity index (χ3n) is 9.30. The summed E-state index contributed by atoms with van der Waals surface area (Å²) in [6.07, 6.45) is 9.97. The van der Waals surface area contributed by atoms with E-state index in [0.717, 1.165) is 44.1 Å². The first kappa shape index (κ1) is 19.1. The highest BCUT2D eigenvalue weighted by molar-refractivity contribution is 5.91. The van der Waals surface area contributed by atoms with Gasteiger partial charge in [-0.25, -0.2) is 0 Å². The van der Waals surface area contributed by atoms with Crippen molar-refractivity contribution in [3.8, 4) is 11.8 Å². The Kier molecular flexibility index (Phi) is 4.34. The number of hydrogen-bond acceptors (Lipinski definition) is 2. The van der Waals surface area contributed by atoms with Gasteiger partial charge in [-0.15, -0.1) is 0 Å². The Morgan fingerprint density at radius 3 is 2.52 bits per heavy atom. The Morgan fingerprint density at radius 2 is 1.72 bits per heavy atom. The molecule has 3 fully saturated rings. The van der Waals surface area contributed by atoms with E-state index in [9.17, 15) is 9.90 Å². The smallest absolute Gasteiger partial charge is 0.155 e. The van der Waals surface area contributed by atoms with Gasteiger partial charge in [-0.05, 0) is 86.3 Å². The molecule has 0 spiro atoms. The topological polar surface area (TPSA) is 37.3 Å². The molecule has 29 heavy (non-hydrogen) atoms. The Morgan fingerprint density at radius 1 is 0.966 bits per heavy atom. The molecule has 1 N–H and O–H groups in total. The zero-order chi connectivity index (χ0) is 20.3. The average Bonchev–Trinajstić information content (AvgIpc) is 2.99. The van der Waals surface area contributed by atoms with Gasteiger partial charge in [-0.1, -0.05) is 49.5 Å². The van der Waals surface area contributed by atoms with Crippen molar-refractivity contribution in [1.82, 2.24) is 0 Å². The molecule has 1 aromatic carbocycles. The molecule has 4 aliphatic carbocycles. The van der Waals surface area contributed by atoms with Crippen LogP contribution in [0.3, 0.4) is 0 Å². The van der Waals surface area contributed by atoms with E-state index in [-0.39, 0.29) is 10.8 Å². The van der Waals surface area contributed by atoms with E-state index in [1.165, 1.54) is 12.0 Å². The first-order valence-electron chi connectivity index (χ1n) is 11.4. The maximum atomic E-state index is 12.0. The van der Waals surface area contributed by atoms with Gasteiger partial charge in [-0.3, -0.25) is 4.79 Å². The van der Waals surface area contributed by atoms with Gasteiger partial charge >= 0.3 is 0 Å². The summed E-state index contributed by atoms with van der Waals surface area (Å²) in [6, 6.07) is 10.0. The molecular formula is C27H32O2. The van der Waals surface area contributed by atoms with E-state index in [1.807, 2.05) is 36.4 Å². The SMILES string of the molecule is C[C@]12CC[C@@H]3[C@H](CCC4=CC(=O)CC[C@]43C)[C@H]1CC[C@@]2(O)C#Cc1ccccc1. The molecule has 152 valence electrons. The lowest BCUT2D eigenvalue weighted by atomic mass is 9.46. The third-order valence-corrected chi connectivity index (χ3v) is 9.30. The van der Waals surface area contributed by atoms with Crippen molar-refractivity contribution >= 4 is 5.78 Å². The summed E-state index contributed by atoms with van der Waals surface area (Å²) in [5, 5.41) is 11.7. The molecule has 0 radical (unpaired) electrons. The van der Waals surface area contributed by atoms with Gasteiger partial charge in [0.1, 0.15) is 5.60 Å². The Bertz CT molecular complexity index is 919. The third kappa shape index (κ3) is 2.77. The highest BCUT2D eigenvalue weighted by atomic mass is 16.3. The fraction of sp³-hybridized carbons (Fsp3) is 0.593. The summed E-state index contributed by atoms with van der Waals surface area (Å²) in [5.41, 5.74) is 1.56. The number of carbonyl (C=O) groups excluding carboxylic acids is 1. The van der Waals surface area contributed by atoms with Crippen molar-refractivity contribution in [2.45, 2.75) is 70.8 Å². The standard InChI is InChI=1S/C27H32O2/c1-25-14-11-21(28)18-20(25)8-9-22-23(25)12-15-26(2)24(22)13-17-27(26,29)16-10-19-6-4-3-5-7-19/h3-7,18,22-24,29H,8-9,11-15,17H2,1-2H3/t22-,23+,24+,25+,26-,27-/m0/s1. The predicted octanol–water partition coefficient (Wildman–Crippen LogP) is 5.30. The zero-order valence-electron chi connectivity index (χ0n) is 17.7. The van der Waals surface area contributed by atoms with E-state index >= 15 is 0 Å². The second-order valence-electron chi connectivity index (χ2n) is 10.4. The minimum Gasteiger partial charge on any atom is -0.377 e. The van der Waals surface area contributed by atoms with Gasteiger partial charge in [0.15, 0.2) is 5.78 Å². The molecule has 0 heterocycles. The lowest BCUT2D eigenvalue weighted by molar-refractivity contribution is -0.119. The molecule has 2 heteroatoms. The quantitative estimate of drug-likeness (QED) is 0.612. The number of aliphatic hydroxyl groups is 1. The van der Waals surface area contributed by atoms with Crippen LogP contribution in [0.4, 0.5) is 0 Å². The van der Waals surface area contributed by atoms with Gasteiger partial charge in [0, 0.05) is 17.4 Å². The molecule has 0 saturated heterocycles. The second kappa shape index (κ2) is 6.58. The molecule has 4 aliphatic rings. The van der Waals surface area contributed by atoms with Crippen LogP contribution in [0.15, 0.2) is 42.0 Å². The number of allylic oxidation sites excluding steroid dienone is 1. The molecule has 1 aromatic rings. The fourth-order valence-corrected chi connectivity index (χ4v) is 7.48. The Hall–Kier alpha value is -1.85. The Balaban J connectivity index is 1.45. The summed E-state index contributed by atoms with van der Waals surface area (Å²) in [6.45, 7) is 4.72. The minimum atomic E-state index is -0.891. The van der Waals surface area contributed by atoms with Crippen molar-refractivity contribution in [3.63, 3.8) is 0 Å². The van der Waals surface area contributed by atoms with Crippen molar-refractivity contribution in [2.75, 3.05) is 0 Å². The van der Waals surface area contributed by atoms with Gasteiger partial charge in [-0.2, -0.15) is 0 Å². The molecule has 0 aromatic heterocycles. The zero-order valence-corrected chi connectivity index (χ0v) is 17.7. The number of hydrogen-bond donors (Lipinski definition) is 1. The van der Waals surface area contributed by atoms with Crippen LogP contribution in [0.1, 0.15) is 70.8 Å². The summed E-state index contributed by atoms with van der Waals surface area (Å²) < 4.78 is 0. The fourth-order valence-electron chi connectivity index (χ4n) is 7.48. The number of carbonyl (C=O) groups is 1. The summed E-state index contributed by atoms with van der Waals surface area (Å²) in [7, 11) is 0. The molecule has 5 rings (SSSR count). The average molecular weight is 389 g/mol. The molecule has 6 atom stereocenters. The second-order valence-corrected chi connectivity index (χ2v) is 10.4. The summed E-state index contributed by atoms with van der Waals surface area (Å²) >= 11 is 0. The van der Waals surface area contributed by atoms with Crippen molar-refractivity contribution < 1.29 is 9.90 Å². The molecule has 0 bridgehead atoms. The van der Waals surface area contributed by atoms with Crippen LogP contribution >= 0.6 is 0 Å². The van der Waals surface area contributed by atoms with Crippen molar-refractivity contribution in [2.24, 2.45) is 28.6 Å². The van der Waals surface area contributed by atoms with Gasteiger partial charge < -0.3 is 5.11 Å². The van der Waals surface area contributed by atoms with Crippen LogP contribution in [-0.4, -0.2) is 16.5 Å². The number of fused-ring (bicyclic) bond motifs is 5. The molecule has 3 saturated carbocycles. The highest BCUT2D eigenvalue weighted by Crippen LogP contribution is 2.67. The van der Waals surface area contributed by atoms with Gasteiger partial charge in [0.25, 0.3) is 0 Å². The van der Waals surface area contributed by atoms with Crippen LogP contribution in [0.2, 0.25) is 0 Å². The number of rotatable bonds is 0. The highest BCUT2D eigenvalue weighted by Gasteiger charge is 2.63. The molecule has 0 aliphatic heterocycles. The van der Waals surface area contributed by atoms with E-state index in [4.69, 9.17) is 0 Å². The molecule has 0 unspecified atom stereocenters. The number of ketones is 1. The van der Waals surface area contributed by atoms with Crippen LogP contribution in [-0.2, 0) is 4.79 Å². The lowest BCUT2D eigenvalue weighted by Crippen LogP contribution is -2.54. The van der Waals surface area contributed by atoms with Crippen LogP contribution in [0.5, 0.6) is 0 Å². The van der Waals surface area contributed by atoms with E-state index < -0.39 is 5.60 Å². The van der Waals surface area contributed by atoms with Crippen LogP contribution in [0.25, 0.3) is 0 Å². The van der Waals surface area contributed by atoms with E-state index in [2.05, 4.69) is 25.7 Å². The summed E-state index contributed by atoms with van der Waals surface area (Å²) in [5.74, 6) is 8.76. The largest absolute Gasteiger partial charge is 0.377 e. The van der Waals surface area contributed by atoms with Crippen LogP contribution < -0.4 is 0 Å². The maximum Gasteiger partial charge on any atom is 0.155 e. The molecular weight excluding hydrogens is 356 g/mol. The van der Waals surface area contributed by atoms with E-state index in [1.54, 1.807) is 0 Å². The van der Waals surface area contributed by atoms with Crippen LogP contribution in [0, 0.1) is 40.4 Å². The van der Waals surface area contributed by atoms with Crippen molar-refractivity contribution in [1.29, 1.82) is 0 Å². The minimum absolute atomic E-state index is 0.127. The van der Waals surface area contributed by atoms with Gasteiger partial charge in [0.05, 0.1) is 0 Å². The molecule has 0 amide bonds. The first-order chi connectivity index (χ1) is 13.9. The Labute approximate surface area is 174 Å². The monoisotopic (exact) mass is 388 g/mol. The molecule has 2 nitrogen and oxygen atoms in total. The summed E-state index contributed by atoms with van der Waals surface area (Å²) in [4.78, 5) is 12.0. The maximum absolute atomic E-state index is 12.0. The lowest BCUT2D eigenvalue weighted by Gasteiger charge is -2.58. The first-order valence-corrected chi connectivity index (χ1v) is 11.4. The van der Waals surface area contributed by atoms with E-state index in [0.29, 0.717) is 30.0 Å².